The van der Waals surface area contributed by atoms with Gasteiger partial charge in [-0.1, -0.05) is 26.0 Å². The number of carbonyl (C=O) groups is 2. The maximum absolute atomic E-state index is 13.1. The van der Waals surface area contributed by atoms with E-state index in [0.29, 0.717) is 22.9 Å². The standard InChI is InChI=1S/C25H28N2O3/c1-16-24(2,3)18-13-14-25(16,15-18)23(29)27-20-7-5-17(6-8-20)22(28)26-19-9-11-21(30-4)12-10-19/h5-12,18H,1,13-15H2,2-4H3,(H,26,28)(H,27,29)/t18-,25-/m1/s1. The highest BCUT2D eigenvalue weighted by atomic mass is 16.5. The zero-order valence-electron chi connectivity index (χ0n) is 17.7. The van der Waals surface area contributed by atoms with Crippen LogP contribution in [0.2, 0.25) is 0 Å². The summed E-state index contributed by atoms with van der Waals surface area (Å²) in [6, 6.07) is 14.1. The number of ether oxygens (including phenoxy) is 1. The fourth-order valence-electron chi connectivity index (χ4n) is 4.98. The van der Waals surface area contributed by atoms with Crippen molar-refractivity contribution >= 4 is 23.2 Å². The molecule has 30 heavy (non-hydrogen) atoms. The van der Waals surface area contributed by atoms with E-state index >= 15 is 0 Å². The van der Waals surface area contributed by atoms with Crippen LogP contribution in [0.3, 0.4) is 0 Å². The summed E-state index contributed by atoms with van der Waals surface area (Å²) in [5.74, 6) is 1.08. The molecule has 2 saturated carbocycles. The zero-order valence-corrected chi connectivity index (χ0v) is 17.7. The Balaban J connectivity index is 1.42. The Morgan fingerprint density at radius 1 is 1.00 bits per heavy atom. The molecule has 2 aliphatic carbocycles. The van der Waals surface area contributed by atoms with Gasteiger partial charge in [0.05, 0.1) is 12.5 Å². The SMILES string of the molecule is C=C1C(C)(C)[C@@H]2CC[C@@]1(C(=O)Nc1ccc(C(=O)Nc3ccc(OC)cc3)cc1)C2. The van der Waals surface area contributed by atoms with E-state index in [4.69, 9.17) is 4.74 Å². The average molecular weight is 405 g/mol. The Bertz CT molecular complexity index is 992. The van der Waals surface area contributed by atoms with Crippen LogP contribution in [-0.4, -0.2) is 18.9 Å². The van der Waals surface area contributed by atoms with E-state index in [-0.39, 0.29) is 17.2 Å². The molecule has 0 heterocycles. The van der Waals surface area contributed by atoms with Gasteiger partial charge in [0.15, 0.2) is 0 Å². The van der Waals surface area contributed by atoms with Crippen LogP contribution in [-0.2, 0) is 4.79 Å². The number of fused-ring (bicyclic) bond motifs is 2. The quantitative estimate of drug-likeness (QED) is 0.667. The van der Waals surface area contributed by atoms with E-state index in [1.165, 1.54) is 0 Å². The highest BCUT2D eigenvalue weighted by Gasteiger charge is 2.60. The molecule has 156 valence electrons. The van der Waals surface area contributed by atoms with Crippen molar-refractivity contribution in [3.63, 3.8) is 0 Å². The predicted molar refractivity (Wildman–Crippen MR) is 119 cm³/mol. The largest absolute Gasteiger partial charge is 0.497 e. The number of hydrogen-bond donors (Lipinski definition) is 2. The van der Waals surface area contributed by atoms with Crippen molar-refractivity contribution in [3.05, 3.63) is 66.2 Å². The number of rotatable bonds is 5. The molecular formula is C25H28N2O3. The summed E-state index contributed by atoms with van der Waals surface area (Å²) in [6.07, 6.45) is 2.82. The Hall–Kier alpha value is -3.08. The van der Waals surface area contributed by atoms with Crippen molar-refractivity contribution in [1.29, 1.82) is 0 Å². The Labute approximate surface area is 177 Å². The van der Waals surface area contributed by atoms with Crippen LogP contribution in [0, 0.1) is 16.7 Å². The number of methoxy groups -OCH3 is 1. The zero-order chi connectivity index (χ0) is 21.5. The van der Waals surface area contributed by atoms with Crippen molar-refractivity contribution in [2.24, 2.45) is 16.7 Å². The molecule has 0 radical (unpaired) electrons. The van der Waals surface area contributed by atoms with E-state index in [0.717, 1.165) is 30.6 Å². The Morgan fingerprint density at radius 3 is 2.17 bits per heavy atom. The number of nitrogens with one attached hydrogen (secondary N) is 2. The number of carbonyl (C=O) groups excluding carboxylic acids is 2. The minimum atomic E-state index is -0.460. The van der Waals surface area contributed by atoms with Crippen molar-refractivity contribution in [3.8, 4) is 5.75 Å². The molecule has 4 rings (SSSR count). The minimum Gasteiger partial charge on any atom is -0.497 e. The monoisotopic (exact) mass is 404 g/mol. The van der Waals surface area contributed by atoms with Gasteiger partial charge in [-0.2, -0.15) is 0 Å². The Morgan fingerprint density at radius 2 is 1.60 bits per heavy atom. The van der Waals surface area contributed by atoms with E-state index in [2.05, 4.69) is 31.1 Å². The first-order chi connectivity index (χ1) is 14.3. The first kappa shape index (κ1) is 20.2. The van der Waals surface area contributed by atoms with Crippen LogP contribution < -0.4 is 15.4 Å². The summed E-state index contributed by atoms with van der Waals surface area (Å²) in [6.45, 7) is 8.69. The summed E-state index contributed by atoms with van der Waals surface area (Å²) in [5.41, 5.74) is 2.51. The molecule has 5 nitrogen and oxygen atoms in total. The second kappa shape index (κ2) is 7.31. The lowest BCUT2D eigenvalue weighted by molar-refractivity contribution is -0.123. The number of benzene rings is 2. The topological polar surface area (TPSA) is 67.4 Å². The summed E-state index contributed by atoms with van der Waals surface area (Å²) in [5, 5.41) is 5.91. The van der Waals surface area contributed by atoms with Gasteiger partial charge < -0.3 is 15.4 Å². The summed E-state index contributed by atoms with van der Waals surface area (Å²) < 4.78 is 5.12. The van der Waals surface area contributed by atoms with Crippen molar-refractivity contribution in [2.45, 2.75) is 33.1 Å². The van der Waals surface area contributed by atoms with Crippen molar-refractivity contribution in [2.75, 3.05) is 17.7 Å². The second-order valence-electron chi connectivity index (χ2n) is 8.94. The lowest BCUT2D eigenvalue weighted by Gasteiger charge is -2.37. The van der Waals surface area contributed by atoms with Gasteiger partial charge in [-0.15, -0.1) is 0 Å². The second-order valence-corrected chi connectivity index (χ2v) is 8.94. The van der Waals surface area contributed by atoms with Gasteiger partial charge in [0.1, 0.15) is 5.75 Å². The molecule has 2 atom stereocenters. The number of anilines is 2. The molecule has 0 unspecified atom stereocenters. The third-order valence-corrected chi connectivity index (χ3v) is 7.08. The van der Waals surface area contributed by atoms with Gasteiger partial charge >= 0.3 is 0 Å². The molecule has 5 heteroatoms. The molecule has 2 N–H and O–H groups in total. The maximum Gasteiger partial charge on any atom is 0.255 e. The fourth-order valence-corrected chi connectivity index (χ4v) is 4.98. The maximum atomic E-state index is 13.1. The van der Waals surface area contributed by atoms with E-state index in [1.807, 2.05) is 0 Å². The molecule has 2 fully saturated rings. The molecule has 2 bridgehead atoms. The molecule has 2 aromatic carbocycles. The van der Waals surface area contributed by atoms with Crippen LogP contribution >= 0.6 is 0 Å². The molecule has 0 spiro atoms. The van der Waals surface area contributed by atoms with Crippen molar-refractivity contribution in [1.82, 2.24) is 0 Å². The highest BCUT2D eigenvalue weighted by Crippen LogP contribution is 2.65. The van der Waals surface area contributed by atoms with Crippen LogP contribution in [0.5, 0.6) is 5.75 Å². The van der Waals surface area contributed by atoms with Crippen LogP contribution in [0.4, 0.5) is 11.4 Å². The minimum absolute atomic E-state index is 0.0129. The molecule has 2 amide bonds. The third-order valence-electron chi connectivity index (χ3n) is 7.08. The van der Waals surface area contributed by atoms with Gasteiger partial charge in [0.2, 0.25) is 5.91 Å². The molecule has 0 saturated heterocycles. The van der Waals surface area contributed by atoms with E-state index in [1.54, 1.807) is 55.6 Å². The first-order valence-corrected chi connectivity index (χ1v) is 10.3. The van der Waals surface area contributed by atoms with Gasteiger partial charge in [0, 0.05) is 16.9 Å². The molecule has 0 aromatic heterocycles. The van der Waals surface area contributed by atoms with Crippen LogP contribution in [0.25, 0.3) is 0 Å². The Kier molecular flexibility index (Phi) is 4.92. The lowest BCUT2D eigenvalue weighted by atomic mass is 9.68. The summed E-state index contributed by atoms with van der Waals surface area (Å²) in [7, 11) is 1.60. The van der Waals surface area contributed by atoms with Crippen LogP contribution in [0.1, 0.15) is 43.5 Å². The van der Waals surface area contributed by atoms with Gasteiger partial charge in [-0.05, 0) is 79.1 Å². The van der Waals surface area contributed by atoms with Crippen molar-refractivity contribution < 1.29 is 14.3 Å². The van der Waals surface area contributed by atoms with Gasteiger partial charge in [-0.3, -0.25) is 9.59 Å². The molecular weight excluding hydrogens is 376 g/mol. The van der Waals surface area contributed by atoms with Crippen LogP contribution in [0.15, 0.2) is 60.7 Å². The molecule has 0 aliphatic heterocycles. The first-order valence-electron chi connectivity index (χ1n) is 10.3. The van der Waals surface area contributed by atoms with Gasteiger partial charge in [0.25, 0.3) is 5.91 Å². The lowest BCUT2D eigenvalue weighted by Crippen LogP contribution is -2.37. The summed E-state index contributed by atoms with van der Waals surface area (Å²) >= 11 is 0. The smallest absolute Gasteiger partial charge is 0.255 e. The average Bonchev–Trinajstić information content (AvgIpc) is 3.28. The highest BCUT2D eigenvalue weighted by molar-refractivity contribution is 6.05. The third kappa shape index (κ3) is 3.28. The molecule has 2 aromatic rings. The normalized spacial score (nSPS) is 23.8. The fraction of sp³-hybridized carbons (Fsp3) is 0.360. The van der Waals surface area contributed by atoms with Gasteiger partial charge in [-0.25, -0.2) is 0 Å². The van der Waals surface area contributed by atoms with E-state index in [9.17, 15) is 9.59 Å². The van der Waals surface area contributed by atoms with E-state index < -0.39 is 5.41 Å². The molecule has 2 aliphatic rings. The predicted octanol–water partition coefficient (Wildman–Crippen LogP) is 5.27. The number of hydrogen-bond acceptors (Lipinski definition) is 3. The number of amides is 2. The summed E-state index contributed by atoms with van der Waals surface area (Å²) in [4.78, 5) is 25.6.